The molecule has 0 bridgehead atoms. The third-order valence-electron chi connectivity index (χ3n) is 5.07. The maximum atomic E-state index is 12.9. The number of nitrogens with zero attached hydrogens (tertiary/aromatic N) is 2. The normalized spacial score (nSPS) is 19.5. The highest BCUT2D eigenvalue weighted by Crippen LogP contribution is 2.42. The van der Waals surface area contributed by atoms with Crippen LogP contribution in [0.2, 0.25) is 0 Å². The number of carbonyl (C=O) groups excluding carboxylic acids is 2. The average Bonchev–Trinajstić information content (AvgIpc) is 3.26. The number of aryl methyl sites for hydroxylation is 2. The molecule has 0 aromatic carbocycles. The van der Waals surface area contributed by atoms with Crippen LogP contribution in [0.25, 0.3) is 5.76 Å². The molecule has 2 aromatic heterocycles. The minimum Gasteiger partial charge on any atom is -0.507 e. The Morgan fingerprint density at radius 2 is 1.96 bits per heavy atom. The van der Waals surface area contributed by atoms with Crippen molar-refractivity contribution in [3.8, 4) is 0 Å². The van der Waals surface area contributed by atoms with Crippen molar-refractivity contribution in [3.05, 3.63) is 50.5 Å². The predicted octanol–water partition coefficient (Wildman–Crippen LogP) is 2.98. The quantitative estimate of drug-likeness (QED) is 0.470. The fourth-order valence-corrected chi connectivity index (χ4v) is 4.40. The highest BCUT2D eigenvalue weighted by molar-refractivity contribution is 7.10. The van der Waals surface area contributed by atoms with Crippen LogP contribution in [0.3, 0.4) is 0 Å². The van der Waals surface area contributed by atoms with Crippen LogP contribution in [0, 0.1) is 20.8 Å². The van der Waals surface area contributed by atoms with Gasteiger partial charge >= 0.3 is 0 Å². The summed E-state index contributed by atoms with van der Waals surface area (Å²) in [4.78, 5) is 33.2. The highest BCUT2D eigenvalue weighted by atomic mass is 32.1. The number of aliphatic hydroxyl groups excluding tert-OH is 1. The maximum absolute atomic E-state index is 12.9. The molecule has 1 saturated heterocycles. The van der Waals surface area contributed by atoms with E-state index in [1.165, 1.54) is 11.3 Å². The zero-order valence-electron chi connectivity index (χ0n) is 16.3. The number of H-pyrrole nitrogens is 1. The Morgan fingerprint density at radius 1 is 1.26 bits per heavy atom. The standard InChI is InChI=1S/C20H25N3O3S/c1-11-12(2)21-13(3)15(11)18(24)16-17(14-7-6-10-27-14)23(9-8-22(4)5)20(26)19(16)25/h6-7,10,17,21,24H,8-9H2,1-5H3/b18-16+. The zero-order chi connectivity index (χ0) is 19.9. The summed E-state index contributed by atoms with van der Waals surface area (Å²) in [5, 5.41) is 13.0. The summed E-state index contributed by atoms with van der Waals surface area (Å²) in [6.45, 7) is 6.73. The maximum Gasteiger partial charge on any atom is 0.295 e. The van der Waals surface area contributed by atoms with Gasteiger partial charge in [-0.25, -0.2) is 0 Å². The first-order valence-electron chi connectivity index (χ1n) is 8.86. The minimum absolute atomic E-state index is 0.0987. The largest absolute Gasteiger partial charge is 0.507 e. The monoisotopic (exact) mass is 387 g/mol. The SMILES string of the molecule is Cc1[nH]c(C)c(/C(O)=C2\C(=O)C(=O)N(CCN(C)C)C2c2cccs2)c1C. The second-order valence-corrected chi connectivity index (χ2v) is 8.17. The third kappa shape index (κ3) is 3.33. The summed E-state index contributed by atoms with van der Waals surface area (Å²) in [6, 6.07) is 3.24. The molecule has 6 nitrogen and oxygen atoms in total. The summed E-state index contributed by atoms with van der Waals surface area (Å²) in [6.07, 6.45) is 0. The molecule has 144 valence electrons. The number of likely N-dealkylation sites (N-methyl/N-ethyl adjacent to an activating group) is 1. The molecule has 7 heteroatoms. The molecular weight excluding hydrogens is 362 g/mol. The molecule has 1 aliphatic rings. The molecule has 1 amide bonds. The topological polar surface area (TPSA) is 76.6 Å². The van der Waals surface area contributed by atoms with Crippen LogP contribution in [-0.2, 0) is 9.59 Å². The lowest BCUT2D eigenvalue weighted by molar-refractivity contribution is -0.140. The van der Waals surface area contributed by atoms with Gasteiger partial charge in [0.25, 0.3) is 11.7 Å². The van der Waals surface area contributed by atoms with Crippen molar-refractivity contribution in [3.63, 3.8) is 0 Å². The molecule has 0 spiro atoms. The van der Waals surface area contributed by atoms with Gasteiger partial charge in [0.05, 0.1) is 11.6 Å². The molecule has 1 unspecified atom stereocenters. The fraction of sp³-hybridized carbons (Fsp3) is 0.400. The Hall–Kier alpha value is -2.38. The zero-order valence-corrected chi connectivity index (χ0v) is 17.1. The lowest BCUT2D eigenvalue weighted by Gasteiger charge is -2.25. The first-order chi connectivity index (χ1) is 12.7. The van der Waals surface area contributed by atoms with E-state index in [0.717, 1.165) is 21.8 Å². The highest BCUT2D eigenvalue weighted by Gasteiger charge is 2.46. The summed E-state index contributed by atoms with van der Waals surface area (Å²) in [5.74, 6) is -1.28. The Balaban J connectivity index is 2.17. The van der Waals surface area contributed by atoms with E-state index in [1.54, 1.807) is 4.90 Å². The van der Waals surface area contributed by atoms with Gasteiger partial charge in [-0.05, 0) is 51.9 Å². The number of aromatic nitrogens is 1. The lowest BCUT2D eigenvalue weighted by Crippen LogP contribution is -2.35. The summed E-state index contributed by atoms with van der Waals surface area (Å²) in [5.41, 5.74) is 3.39. The molecule has 27 heavy (non-hydrogen) atoms. The number of thiophene rings is 1. The van der Waals surface area contributed by atoms with Crippen LogP contribution in [0.15, 0.2) is 23.1 Å². The van der Waals surface area contributed by atoms with Crippen LogP contribution in [-0.4, -0.2) is 58.8 Å². The van der Waals surface area contributed by atoms with Gasteiger partial charge in [0.1, 0.15) is 5.76 Å². The second kappa shape index (κ2) is 7.32. The Morgan fingerprint density at radius 3 is 2.48 bits per heavy atom. The smallest absolute Gasteiger partial charge is 0.295 e. The second-order valence-electron chi connectivity index (χ2n) is 7.19. The van der Waals surface area contributed by atoms with E-state index in [0.29, 0.717) is 18.7 Å². The fourth-order valence-electron chi connectivity index (χ4n) is 3.56. The van der Waals surface area contributed by atoms with E-state index < -0.39 is 17.7 Å². The van der Waals surface area contributed by atoms with Crippen LogP contribution in [0.1, 0.15) is 33.4 Å². The van der Waals surface area contributed by atoms with Gasteiger partial charge in [-0.2, -0.15) is 0 Å². The Labute approximate surface area is 163 Å². The third-order valence-corrected chi connectivity index (χ3v) is 5.99. The Kier molecular flexibility index (Phi) is 5.26. The first-order valence-corrected chi connectivity index (χ1v) is 9.74. The number of Topliss-reactive ketones (excluding diaryl/α,β-unsaturated/α-hetero) is 1. The van der Waals surface area contributed by atoms with Crippen molar-refractivity contribution in [1.82, 2.24) is 14.8 Å². The van der Waals surface area contributed by atoms with E-state index in [2.05, 4.69) is 4.98 Å². The van der Waals surface area contributed by atoms with Gasteiger partial charge in [-0.1, -0.05) is 6.07 Å². The van der Waals surface area contributed by atoms with Crippen molar-refractivity contribution >= 4 is 28.8 Å². The lowest BCUT2D eigenvalue weighted by atomic mass is 9.98. The number of amides is 1. The molecule has 1 atom stereocenters. The first kappa shape index (κ1) is 19.4. The molecule has 3 rings (SSSR count). The molecule has 0 radical (unpaired) electrons. The van der Waals surface area contributed by atoms with Gasteiger partial charge in [-0.3, -0.25) is 9.59 Å². The summed E-state index contributed by atoms with van der Waals surface area (Å²) < 4.78 is 0. The number of carbonyl (C=O) groups is 2. The number of hydrogen-bond donors (Lipinski definition) is 2. The van der Waals surface area contributed by atoms with Gasteiger partial charge < -0.3 is 19.9 Å². The van der Waals surface area contributed by atoms with Crippen molar-refractivity contribution in [1.29, 1.82) is 0 Å². The number of likely N-dealkylation sites (tertiary alicyclic amines) is 1. The van der Waals surface area contributed by atoms with Gasteiger partial charge in [-0.15, -0.1) is 11.3 Å². The molecular formula is C20H25N3O3S. The number of aromatic amines is 1. The number of rotatable bonds is 5. The van der Waals surface area contributed by atoms with Crippen LogP contribution < -0.4 is 0 Å². The van der Waals surface area contributed by atoms with E-state index in [4.69, 9.17) is 0 Å². The Bertz CT molecular complexity index is 909. The molecule has 1 aliphatic heterocycles. The van der Waals surface area contributed by atoms with Crippen LogP contribution >= 0.6 is 11.3 Å². The predicted molar refractivity (Wildman–Crippen MR) is 107 cm³/mol. The van der Waals surface area contributed by atoms with Crippen molar-refractivity contribution < 1.29 is 14.7 Å². The number of nitrogens with one attached hydrogen (secondary N) is 1. The minimum atomic E-state index is -0.623. The number of hydrogen-bond acceptors (Lipinski definition) is 5. The summed E-state index contributed by atoms with van der Waals surface area (Å²) >= 11 is 1.48. The van der Waals surface area contributed by atoms with E-state index >= 15 is 0 Å². The van der Waals surface area contributed by atoms with Gasteiger partial charge in [0.2, 0.25) is 0 Å². The average molecular weight is 388 g/mol. The number of aliphatic hydroxyl groups is 1. The van der Waals surface area contributed by atoms with Crippen molar-refractivity contribution in [2.45, 2.75) is 26.8 Å². The van der Waals surface area contributed by atoms with E-state index in [-0.39, 0.29) is 11.3 Å². The molecule has 2 N–H and O–H groups in total. The van der Waals surface area contributed by atoms with Crippen LogP contribution in [0.4, 0.5) is 0 Å². The van der Waals surface area contributed by atoms with Crippen LogP contribution in [0.5, 0.6) is 0 Å². The van der Waals surface area contributed by atoms with Gasteiger partial charge in [0.15, 0.2) is 0 Å². The van der Waals surface area contributed by atoms with Crippen molar-refractivity contribution in [2.75, 3.05) is 27.2 Å². The van der Waals surface area contributed by atoms with Crippen molar-refractivity contribution in [2.24, 2.45) is 0 Å². The molecule has 2 aromatic rings. The summed E-state index contributed by atoms with van der Waals surface area (Å²) in [7, 11) is 3.85. The van der Waals surface area contributed by atoms with Gasteiger partial charge in [0, 0.05) is 34.9 Å². The molecule has 3 heterocycles. The van der Waals surface area contributed by atoms with E-state index in [1.807, 2.05) is 57.3 Å². The molecule has 0 saturated carbocycles. The molecule has 1 fully saturated rings. The molecule has 0 aliphatic carbocycles. The number of ketones is 1. The van der Waals surface area contributed by atoms with E-state index in [9.17, 15) is 14.7 Å².